The Morgan fingerprint density at radius 2 is 2.00 bits per heavy atom. The first-order chi connectivity index (χ1) is 13.0. The highest BCUT2D eigenvalue weighted by molar-refractivity contribution is 5.66. The van der Waals surface area contributed by atoms with Crippen molar-refractivity contribution in [3.8, 4) is 11.8 Å². The van der Waals surface area contributed by atoms with Crippen molar-refractivity contribution in [3.63, 3.8) is 0 Å². The smallest absolute Gasteiger partial charge is 0.303 e. The molecule has 3 rings (SSSR count). The van der Waals surface area contributed by atoms with Gasteiger partial charge in [0.05, 0.1) is 12.0 Å². The van der Waals surface area contributed by atoms with E-state index in [1.54, 1.807) is 0 Å². The molecular formula is C23H34O4. The summed E-state index contributed by atoms with van der Waals surface area (Å²) in [6.45, 7) is 2.16. The number of carboxylic acids is 1. The molecule has 3 aliphatic rings. The second-order valence-electron chi connectivity index (χ2n) is 8.70. The molecule has 0 bridgehead atoms. The molecule has 4 heteroatoms. The fraction of sp³-hybridized carbons (Fsp3) is 0.783. The third-order valence-corrected chi connectivity index (χ3v) is 7.01. The van der Waals surface area contributed by atoms with Crippen LogP contribution in [0.1, 0.15) is 71.1 Å². The molecule has 0 spiro atoms. The zero-order valence-corrected chi connectivity index (χ0v) is 16.4. The van der Waals surface area contributed by atoms with Crippen LogP contribution in [0.25, 0.3) is 0 Å². The number of hydrogen-bond donors (Lipinski definition) is 3. The van der Waals surface area contributed by atoms with Crippen LogP contribution in [0.3, 0.4) is 0 Å². The number of hydrogen-bond acceptors (Lipinski definition) is 3. The van der Waals surface area contributed by atoms with E-state index in [4.69, 9.17) is 5.11 Å². The number of carbonyl (C=O) groups is 1. The van der Waals surface area contributed by atoms with E-state index >= 15 is 0 Å². The highest BCUT2D eigenvalue weighted by Gasteiger charge is 2.52. The van der Waals surface area contributed by atoms with Crippen molar-refractivity contribution in [2.75, 3.05) is 0 Å². The molecule has 3 fully saturated rings. The second kappa shape index (κ2) is 9.26. The molecule has 0 saturated heterocycles. The molecule has 0 aromatic rings. The summed E-state index contributed by atoms with van der Waals surface area (Å²) in [6, 6.07) is 0. The van der Waals surface area contributed by atoms with Crippen molar-refractivity contribution >= 4 is 5.97 Å². The van der Waals surface area contributed by atoms with Crippen molar-refractivity contribution in [1.82, 2.24) is 0 Å². The van der Waals surface area contributed by atoms with Gasteiger partial charge in [-0.1, -0.05) is 56.1 Å². The van der Waals surface area contributed by atoms with E-state index < -0.39 is 18.2 Å². The maximum Gasteiger partial charge on any atom is 0.303 e. The van der Waals surface area contributed by atoms with E-state index in [-0.39, 0.29) is 12.3 Å². The fourth-order valence-corrected chi connectivity index (χ4v) is 5.71. The zero-order chi connectivity index (χ0) is 19.4. The van der Waals surface area contributed by atoms with Gasteiger partial charge in [0, 0.05) is 6.42 Å². The van der Waals surface area contributed by atoms with Gasteiger partial charge in [-0.2, -0.15) is 0 Å². The van der Waals surface area contributed by atoms with Gasteiger partial charge in [-0.3, -0.25) is 4.79 Å². The fourth-order valence-electron chi connectivity index (χ4n) is 5.71. The van der Waals surface area contributed by atoms with Crippen LogP contribution < -0.4 is 0 Å². The molecule has 0 amide bonds. The number of rotatable bonds is 6. The van der Waals surface area contributed by atoms with Crippen molar-refractivity contribution in [2.45, 2.75) is 83.3 Å². The summed E-state index contributed by atoms with van der Waals surface area (Å²) in [6.07, 6.45) is 10.3. The van der Waals surface area contributed by atoms with Crippen LogP contribution in [0, 0.1) is 41.4 Å². The third kappa shape index (κ3) is 4.76. The summed E-state index contributed by atoms with van der Waals surface area (Å²) in [4.78, 5) is 10.8. The van der Waals surface area contributed by atoms with Crippen LogP contribution in [0.15, 0.2) is 11.6 Å². The molecule has 2 unspecified atom stereocenters. The highest BCUT2D eigenvalue weighted by Crippen LogP contribution is 2.57. The number of fused-ring (bicyclic) bond motifs is 1. The van der Waals surface area contributed by atoms with Crippen LogP contribution >= 0.6 is 0 Å². The van der Waals surface area contributed by atoms with Gasteiger partial charge < -0.3 is 15.3 Å². The normalized spacial score (nSPS) is 35.8. The van der Waals surface area contributed by atoms with Gasteiger partial charge in [0.1, 0.15) is 6.10 Å². The van der Waals surface area contributed by atoms with E-state index in [0.717, 1.165) is 25.7 Å². The Morgan fingerprint density at radius 3 is 2.67 bits per heavy atom. The van der Waals surface area contributed by atoms with Crippen molar-refractivity contribution in [3.05, 3.63) is 11.6 Å². The Labute approximate surface area is 163 Å². The van der Waals surface area contributed by atoms with Crippen LogP contribution in [-0.4, -0.2) is 33.5 Å². The average Bonchev–Trinajstić information content (AvgIpc) is 3.11. The molecule has 4 nitrogen and oxygen atoms in total. The minimum absolute atomic E-state index is 0.0662. The van der Waals surface area contributed by atoms with E-state index in [0.29, 0.717) is 30.1 Å². The quantitative estimate of drug-likeness (QED) is 0.489. The molecule has 0 aromatic heterocycles. The molecule has 0 heterocycles. The van der Waals surface area contributed by atoms with Gasteiger partial charge in [0.15, 0.2) is 0 Å². The van der Waals surface area contributed by atoms with Gasteiger partial charge in [-0.25, -0.2) is 0 Å². The molecule has 3 aliphatic carbocycles. The van der Waals surface area contributed by atoms with E-state index in [1.807, 2.05) is 0 Å². The van der Waals surface area contributed by atoms with Gasteiger partial charge in [-0.05, 0) is 55.8 Å². The zero-order valence-electron chi connectivity index (χ0n) is 16.4. The van der Waals surface area contributed by atoms with Crippen LogP contribution in [0.4, 0.5) is 0 Å². The lowest BCUT2D eigenvalue weighted by Gasteiger charge is -2.54. The van der Waals surface area contributed by atoms with Gasteiger partial charge in [0.2, 0.25) is 0 Å². The maximum absolute atomic E-state index is 10.8. The molecular weight excluding hydrogens is 340 g/mol. The van der Waals surface area contributed by atoms with Gasteiger partial charge in [-0.15, -0.1) is 0 Å². The van der Waals surface area contributed by atoms with Crippen molar-refractivity contribution in [2.24, 2.45) is 29.6 Å². The predicted molar refractivity (Wildman–Crippen MR) is 105 cm³/mol. The minimum Gasteiger partial charge on any atom is -0.481 e. The highest BCUT2D eigenvalue weighted by atomic mass is 16.4. The molecule has 3 saturated carbocycles. The van der Waals surface area contributed by atoms with Crippen LogP contribution in [-0.2, 0) is 4.79 Å². The second-order valence-corrected chi connectivity index (χ2v) is 8.70. The summed E-state index contributed by atoms with van der Waals surface area (Å²) in [5.74, 6) is 7.28. The first kappa shape index (κ1) is 20.4. The standard InChI is InChI=1S/C23H34O4/c1-2-17-18(8-5-9-22(26)27)19-12-13-21(25)20(23(17)19)11-10-16(24)14-15-6-3-4-7-15/h8,15-17,19-21,23-25H,2-7,9,12-14H2,1H3,(H,26,27)/t16?,17?,19-,20+,21-,23+/m0/s1. The summed E-state index contributed by atoms with van der Waals surface area (Å²) in [5.41, 5.74) is 1.38. The monoisotopic (exact) mass is 374 g/mol. The Bertz CT molecular complexity index is 600. The molecule has 0 aromatic carbocycles. The molecule has 3 N–H and O–H groups in total. The first-order valence-electron chi connectivity index (χ1n) is 10.8. The van der Waals surface area contributed by atoms with Gasteiger partial charge in [0.25, 0.3) is 0 Å². The number of allylic oxidation sites excluding steroid dienone is 2. The number of aliphatic hydroxyl groups is 2. The molecule has 0 aliphatic heterocycles. The maximum atomic E-state index is 10.8. The molecule has 0 radical (unpaired) electrons. The topological polar surface area (TPSA) is 77.8 Å². The summed E-state index contributed by atoms with van der Waals surface area (Å²) >= 11 is 0. The lowest BCUT2D eigenvalue weighted by Crippen LogP contribution is -2.50. The number of aliphatic hydroxyl groups excluding tert-OH is 2. The summed E-state index contributed by atoms with van der Waals surface area (Å²) in [7, 11) is 0. The predicted octanol–water partition coefficient (Wildman–Crippen LogP) is 3.77. The summed E-state index contributed by atoms with van der Waals surface area (Å²) < 4.78 is 0. The Hall–Kier alpha value is -1.31. The Kier molecular flexibility index (Phi) is 7.00. The first-order valence-corrected chi connectivity index (χ1v) is 10.8. The van der Waals surface area contributed by atoms with E-state index in [2.05, 4.69) is 24.8 Å². The average molecular weight is 375 g/mol. The van der Waals surface area contributed by atoms with E-state index in [1.165, 1.54) is 31.3 Å². The van der Waals surface area contributed by atoms with Crippen molar-refractivity contribution in [1.29, 1.82) is 0 Å². The molecule has 150 valence electrons. The number of aliphatic carboxylic acids is 1. The largest absolute Gasteiger partial charge is 0.481 e. The molecule has 6 atom stereocenters. The Morgan fingerprint density at radius 1 is 1.26 bits per heavy atom. The third-order valence-electron chi connectivity index (χ3n) is 7.01. The van der Waals surface area contributed by atoms with E-state index in [9.17, 15) is 15.0 Å². The lowest BCUT2D eigenvalue weighted by molar-refractivity contribution is -0.136. The number of carboxylic acid groups (broad SMARTS) is 1. The minimum atomic E-state index is -0.755. The van der Waals surface area contributed by atoms with Crippen LogP contribution in [0.5, 0.6) is 0 Å². The molecule has 27 heavy (non-hydrogen) atoms. The summed E-state index contributed by atoms with van der Waals surface area (Å²) in [5, 5.41) is 29.7. The Balaban J connectivity index is 1.65. The van der Waals surface area contributed by atoms with Gasteiger partial charge >= 0.3 is 5.97 Å². The van der Waals surface area contributed by atoms with Crippen LogP contribution in [0.2, 0.25) is 0 Å². The SMILES string of the molecule is CCC1C(=CCCC(=O)O)[C@@H]2CC[C@H](O)[C@@H](C#CC(O)CC3CCCC3)[C@H]12. The lowest BCUT2D eigenvalue weighted by atomic mass is 9.50. The van der Waals surface area contributed by atoms with Crippen molar-refractivity contribution < 1.29 is 20.1 Å².